The highest BCUT2D eigenvalue weighted by Gasteiger charge is 2.62. The Balaban J connectivity index is 1.64. The monoisotopic (exact) mass is 340 g/mol. The third kappa shape index (κ3) is 2.21. The van der Waals surface area contributed by atoms with Gasteiger partial charge in [0.15, 0.2) is 11.9 Å². The fourth-order valence-corrected chi connectivity index (χ4v) is 5.04. The van der Waals surface area contributed by atoms with Crippen molar-refractivity contribution in [2.24, 2.45) is 5.92 Å². The molecule has 2 bridgehead atoms. The van der Waals surface area contributed by atoms with E-state index in [2.05, 4.69) is 42.5 Å². The zero-order valence-corrected chi connectivity index (χ0v) is 14.6. The Labute approximate surface area is 147 Å². The van der Waals surface area contributed by atoms with Crippen molar-refractivity contribution >= 4 is 10.8 Å². The molecular weight excluding hydrogens is 316 g/mol. The Morgan fingerprint density at radius 2 is 1.84 bits per heavy atom. The lowest BCUT2D eigenvalue weighted by molar-refractivity contribution is -0.558. The lowest BCUT2D eigenvalue weighted by atomic mass is 9.73. The van der Waals surface area contributed by atoms with Crippen molar-refractivity contribution in [3.05, 3.63) is 48.0 Å². The topological polar surface area (TPSA) is 36.9 Å². The van der Waals surface area contributed by atoms with Crippen molar-refractivity contribution in [3.63, 3.8) is 0 Å². The lowest BCUT2D eigenvalue weighted by Gasteiger charge is -2.49. The third-order valence-electron chi connectivity index (χ3n) is 6.32. The molecule has 1 aliphatic carbocycles. The molecule has 1 saturated carbocycles. The van der Waals surface area contributed by atoms with Crippen LogP contribution in [0.3, 0.4) is 0 Å². The molecule has 2 aromatic carbocycles. The highest BCUT2D eigenvalue weighted by atomic mass is 17.3. The maximum atomic E-state index is 6.53. The molecule has 132 valence electrons. The summed E-state index contributed by atoms with van der Waals surface area (Å²) < 4.78 is 12.3. The largest absolute Gasteiger partial charge is 0.353 e. The van der Waals surface area contributed by atoms with Crippen LogP contribution in [-0.2, 0) is 25.0 Å². The van der Waals surface area contributed by atoms with E-state index >= 15 is 0 Å². The SMILES string of the molecule is CO[C@@H]1O[C@@]2(c3cccc4ccccc34)CC[C@H]3CCCC[C@]31OO2. The van der Waals surface area contributed by atoms with Gasteiger partial charge < -0.3 is 9.47 Å². The fraction of sp³-hybridized carbons (Fsp3) is 0.524. The van der Waals surface area contributed by atoms with E-state index in [0.29, 0.717) is 5.92 Å². The molecule has 3 heterocycles. The first-order chi connectivity index (χ1) is 12.3. The van der Waals surface area contributed by atoms with Gasteiger partial charge in [-0.1, -0.05) is 55.3 Å². The van der Waals surface area contributed by atoms with Crippen LogP contribution in [0.4, 0.5) is 0 Å². The van der Waals surface area contributed by atoms with Crippen molar-refractivity contribution < 1.29 is 19.2 Å². The molecule has 6 rings (SSSR count). The molecule has 25 heavy (non-hydrogen) atoms. The number of hydrogen-bond acceptors (Lipinski definition) is 4. The van der Waals surface area contributed by atoms with E-state index in [4.69, 9.17) is 19.2 Å². The first-order valence-electron chi connectivity index (χ1n) is 9.33. The summed E-state index contributed by atoms with van der Waals surface area (Å²) in [7, 11) is 1.71. The summed E-state index contributed by atoms with van der Waals surface area (Å²) in [4.78, 5) is 12.2. The van der Waals surface area contributed by atoms with Crippen LogP contribution in [0.5, 0.6) is 0 Å². The predicted molar refractivity (Wildman–Crippen MR) is 93.6 cm³/mol. The number of rotatable bonds is 2. The Morgan fingerprint density at radius 3 is 2.76 bits per heavy atom. The van der Waals surface area contributed by atoms with Crippen molar-refractivity contribution in [1.29, 1.82) is 0 Å². The van der Waals surface area contributed by atoms with E-state index in [1.54, 1.807) is 7.11 Å². The predicted octanol–water partition coefficient (Wildman–Crippen LogP) is 4.67. The Kier molecular flexibility index (Phi) is 3.64. The minimum atomic E-state index is -0.899. The second-order valence-electron chi connectivity index (χ2n) is 7.57. The maximum Gasteiger partial charge on any atom is 0.230 e. The average molecular weight is 340 g/mol. The van der Waals surface area contributed by atoms with Crippen LogP contribution in [0.25, 0.3) is 10.8 Å². The smallest absolute Gasteiger partial charge is 0.230 e. The van der Waals surface area contributed by atoms with E-state index < -0.39 is 17.7 Å². The summed E-state index contributed by atoms with van der Waals surface area (Å²) in [6.45, 7) is 0. The van der Waals surface area contributed by atoms with Gasteiger partial charge in [-0.3, -0.25) is 0 Å². The standard InChI is InChI=1S/C21H24O4/c1-22-19-20-13-5-4-9-16(20)12-14-21(23-19,25-24-20)18-11-6-8-15-7-2-3-10-17(15)18/h2-3,6-8,10-11,16,19H,4-5,9,12-14H2,1H3/t16-,19-,20+,21+/m1/s1. The van der Waals surface area contributed by atoms with E-state index in [1.165, 1.54) is 11.8 Å². The maximum absolute atomic E-state index is 6.53. The summed E-state index contributed by atoms with van der Waals surface area (Å²) >= 11 is 0. The van der Waals surface area contributed by atoms with Crippen molar-refractivity contribution in [2.45, 2.75) is 56.2 Å². The van der Waals surface area contributed by atoms with Crippen LogP contribution < -0.4 is 0 Å². The normalized spacial score (nSPS) is 37.6. The molecule has 4 fully saturated rings. The van der Waals surface area contributed by atoms with Gasteiger partial charge in [-0.05, 0) is 36.0 Å². The molecule has 0 N–H and O–H groups in total. The van der Waals surface area contributed by atoms with E-state index in [0.717, 1.165) is 43.1 Å². The minimum Gasteiger partial charge on any atom is -0.353 e. The van der Waals surface area contributed by atoms with Crippen LogP contribution >= 0.6 is 0 Å². The average Bonchev–Trinajstić information content (AvgIpc) is 2.93. The van der Waals surface area contributed by atoms with Gasteiger partial charge in [0.1, 0.15) is 0 Å². The molecule has 4 atom stereocenters. The van der Waals surface area contributed by atoms with E-state index in [9.17, 15) is 0 Å². The van der Waals surface area contributed by atoms with Crippen LogP contribution in [0.2, 0.25) is 0 Å². The molecule has 0 amide bonds. The molecule has 4 aliphatic rings. The Hall–Kier alpha value is -1.46. The third-order valence-corrected chi connectivity index (χ3v) is 6.32. The first kappa shape index (κ1) is 15.8. The first-order valence-corrected chi connectivity index (χ1v) is 9.33. The summed E-state index contributed by atoms with van der Waals surface area (Å²) in [5.41, 5.74) is 0.568. The van der Waals surface area contributed by atoms with Crippen LogP contribution in [0, 0.1) is 5.92 Å². The van der Waals surface area contributed by atoms with Gasteiger partial charge in [0, 0.05) is 19.1 Å². The Morgan fingerprint density at radius 1 is 0.960 bits per heavy atom. The van der Waals surface area contributed by atoms with E-state index in [1.807, 2.05) is 0 Å². The van der Waals surface area contributed by atoms with Crippen LogP contribution in [0.15, 0.2) is 42.5 Å². The number of benzene rings is 2. The molecule has 2 aromatic rings. The van der Waals surface area contributed by atoms with Crippen molar-refractivity contribution in [2.75, 3.05) is 7.11 Å². The summed E-state index contributed by atoms with van der Waals surface area (Å²) in [6, 6.07) is 14.6. The molecule has 3 saturated heterocycles. The van der Waals surface area contributed by atoms with Crippen LogP contribution in [0.1, 0.15) is 44.1 Å². The molecule has 3 aliphatic heterocycles. The number of ether oxygens (including phenoxy) is 2. The molecule has 4 nitrogen and oxygen atoms in total. The molecule has 1 spiro atoms. The lowest BCUT2D eigenvalue weighted by Crippen LogP contribution is -2.59. The zero-order valence-electron chi connectivity index (χ0n) is 14.6. The summed E-state index contributed by atoms with van der Waals surface area (Å²) in [6.07, 6.45) is 5.88. The Bertz CT molecular complexity index is 781. The highest BCUT2D eigenvalue weighted by molar-refractivity contribution is 5.86. The van der Waals surface area contributed by atoms with Gasteiger partial charge in [0.25, 0.3) is 0 Å². The van der Waals surface area contributed by atoms with Gasteiger partial charge in [-0.15, -0.1) is 0 Å². The minimum absolute atomic E-state index is 0.395. The summed E-state index contributed by atoms with van der Waals surface area (Å²) in [5, 5.41) is 2.32. The highest BCUT2D eigenvalue weighted by Crippen LogP contribution is 2.55. The van der Waals surface area contributed by atoms with Gasteiger partial charge >= 0.3 is 0 Å². The second kappa shape index (κ2) is 5.78. The molecule has 0 radical (unpaired) electrons. The molecule has 0 unspecified atom stereocenters. The quantitative estimate of drug-likeness (QED) is 0.745. The molecule has 4 heteroatoms. The fourth-order valence-electron chi connectivity index (χ4n) is 5.04. The summed E-state index contributed by atoms with van der Waals surface area (Å²) in [5.74, 6) is -0.477. The van der Waals surface area contributed by atoms with Gasteiger partial charge in [-0.2, -0.15) is 4.89 Å². The number of fused-ring (bicyclic) bond motifs is 4. The molecule has 0 aromatic heterocycles. The van der Waals surface area contributed by atoms with Crippen molar-refractivity contribution in [3.8, 4) is 0 Å². The van der Waals surface area contributed by atoms with Crippen molar-refractivity contribution in [1.82, 2.24) is 0 Å². The van der Waals surface area contributed by atoms with Gasteiger partial charge in [-0.25, -0.2) is 4.89 Å². The zero-order chi connectivity index (χ0) is 16.9. The number of methoxy groups -OCH3 is 1. The van der Waals surface area contributed by atoms with Gasteiger partial charge in [0.05, 0.1) is 0 Å². The van der Waals surface area contributed by atoms with Crippen LogP contribution in [-0.4, -0.2) is 19.0 Å². The van der Waals surface area contributed by atoms with Gasteiger partial charge in [0.2, 0.25) is 5.79 Å². The second-order valence-corrected chi connectivity index (χ2v) is 7.57. The molecular formula is C21H24O4. The number of hydrogen-bond donors (Lipinski definition) is 0. The van der Waals surface area contributed by atoms with E-state index in [-0.39, 0.29) is 0 Å².